The minimum Gasteiger partial charge on any atom is -0.530 e. The Morgan fingerprint density at radius 2 is 1.96 bits per heavy atom. The molecule has 2 unspecified atom stereocenters. The molecule has 2 aromatic carbocycles. The molecule has 2 aliphatic heterocycles. The molecule has 128 valence electrons. The summed E-state index contributed by atoms with van der Waals surface area (Å²) in [6.07, 6.45) is -0.727. The maximum Gasteiger partial charge on any atom is 0.251 e. The lowest BCUT2D eigenvalue weighted by Crippen LogP contribution is -2.53. The molecule has 6 nitrogen and oxygen atoms in total. The first kappa shape index (κ1) is 15.5. The summed E-state index contributed by atoms with van der Waals surface area (Å²) >= 11 is 0. The first-order chi connectivity index (χ1) is 12.1. The lowest BCUT2D eigenvalue weighted by Gasteiger charge is -2.47. The van der Waals surface area contributed by atoms with E-state index in [9.17, 15) is 14.7 Å². The number of hydrogen-bond acceptors (Lipinski definition) is 4. The van der Waals surface area contributed by atoms with Crippen molar-refractivity contribution in [3.63, 3.8) is 0 Å². The summed E-state index contributed by atoms with van der Waals surface area (Å²) in [5.74, 6) is 0.557. The van der Waals surface area contributed by atoms with E-state index in [1.807, 2.05) is 36.4 Å². The number of nitrogens with one attached hydrogen (secondary N) is 1. The maximum absolute atomic E-state index is 12.1. The molecule has 4 rings (SSSR count). The van der Waals surface area contributed by atoms with Crippen LogP contribution in [0, 0.1) is 0 Å². The smallest absolute Gasteiger partial charge is 0.251 e. The summed E-state index contributed by atoms with van der Waals surface area (Å²) in [5.41, 5.74) is 3.24. The quantitative estimate of drug-likeness (QED) is 0.899. The van der Waals surface area contributed by atoms with Crippen molar-refractivity contribution in [2.75, 3.05) is 13.7 Å². The van der Waals surface area contributed by atoms with Crippen LogP contribution in [0.15, 0.2) is 42.5 Å². The van der Waals surface area contributed by atoms with E-state index in [0.717, 1.165) is 16.7 Å². The van der Waals surface area contributed by atoms with Crippen molar-refractivity contribution in [1.82, 2.24) is 10.2 Å². The van der Waals surface area contributed by atoms with E-state index in [0.29, 0.717) is 17.7 Å². The van der Waals surface area contributed by atoms with Gasteiger partial charge in [0.1, 0.15) is 11.8 Å². The van der Waals surface area contributed by atoms with Gasteiger partial charge in [-0.1, -0.05) is 24.3 Å². The van der Waals surface area contributed by atoms with Crippen LogP contribution in [-0.4, -0.2) is 30.6 Å². The summed E-state index contributed by atoms with van der Waals surface area (Å²) in [7, 11) is 1.59. The van der Waals surface area contributed by atoms with Gasteiger partial charge in [0.05, 0.1) is 19.2 Å². The van der Waals surface area contributed by atoms with E-state index >= 15 is 0 Å². The molecule has 1 N–H and O–H groups in total. The Bertz CT molecular complexity index is 847. The molecule has 0 bridgehead atoms. The molecular formula is C19H17N2O4-. The van der Waals surface area contributed by atoms with Crippen LogP contribution >= 0.6 is 0 Å². The molecule has 6 heteroatoms. The van der Waals surface area contributed by atoms with Crippen molar-refractivity contribution in [1.29, 1.82) is 0 Å². The fourth-order valence-corrected chi connectivity index (χ4v) is 3.89. The van der Waals surface area contributed by atoms with Crippen LogP contribution in [0.2, 0.25) is 0 Å². The average molecular weight is 337 g/mol. The molecule has 0 saturated heterocycles. The van der Waals surface area contributed by atoms with Crippen molar-refractivity contribution in [3.05, 3.63) is 64.7 Å². The number of nitrogens with zero attached hydrogens (tertiary/aromatic N) is 1. The fraction of sp³-hybridized carbons (Fsp3) is 0.263. The monoisotopic (exact) mass is 337 g/mol. The molecule has 25 heavy (non-hydrogen) atoms. The minimum absolute atomic E-state index is 0.158. The van der Waals surface area contributed by atoms with Crippen LogP contribution in [0.25, 0.3) is 0 Å². The predicted molar refractivity (Wildman–Crippen MR) is 88.2 cm³/mol. The van der Waals surface area contributed by atoms with Crippen molar-refractivity contribution in [2.45, 2.75) is 18.5 Å². The zero-order chi connectivity index (χ0) is 17.6. The summed E-state index contributed by atoms with van der Waals surface area (Å²) in [4.78, 5) is 25.4. The van der Waals surface area contributed by atoms with Gasteiger partial charge in [-0.3, -0.25) is 4.79 Å². The van der Waals surface area contributed by atoms with E-state index in [2.05, 4.69) is 5.32 Å². The number of hydrogen-bond donors (Lipinski definition) is 1. The third-order valence-electron chi connectivity index (χ3n) is 5.03. The van der Waals surface area contributed by atoms with Gasteiger partial charge in [0.2, 0.25) is 0 Å². The van der Waals surface area contributed by atoms with Gasteiger partial charge in [0.15, 0.2) is 0 Å². The molecule has 0 saturated carbocycles. The van der Waals surface area contributed by atoms with Crippen LogP contribution in [0.3, 0.4) is 0 Å². The van der Waals surface area contributed by atoms with E-state index in [1.54, 1.807) is 13.2 Å². The molecule has 2 amide bonds. The van der Waals surface area contributed by atoms with Crippen LogP contribution in [0.5, 0.6) is 5.75 Å². The lowest BCUT2D eigenvalue weighted by atomic mass is 9.81. The van der Waals surface area contributed by atoms with Gasteiger partial charge in [-0.25, -0.2) is 0 Å². The third-order valence-corrected chi connectivity index (χ3v) is 5.03. The number of carbonyl (C=O) groups is 2. The van der Waals surface area contributed by atoms with Crippen LogP contribution in [0.4, 0.5) is 4.79 Å². The highest BCUT2D eigenvalue weighted by atomic mass is 16.5. The van der Waals surface area contributed by atoms with Crippen molar-refractivity contribution in [3.8, 4) is 5.75 Å². The molecule has 0 radical (unpaired) electrons. The zero-order valence-electron chi connectivity index (χ0n) is 13.7. The largest absolute Gasteiger partial charge is 0.530 e. The maximum atomic E-state index is 12.1. The summed E-state index contributed by atoms with van der Waals surface area (Å²) < 4.78 is 5.18. The van der Waals surface area contributed by atoms with Gasteiger partial charge in [-0.15, -0.1) is 0 Å². The van der Waals surface area contributed by atoms with Crippen LogP contribution < -0.4 is 15.2 Å². The standard InChI is InChI=1S/C19H18N2O4/c1-25-13-7-5-11(6-8-13)15-9-12-3-2-4-14-17(12)16(10-20-18(14)22)21(15)19(23)24/h2-8,15-16H,9-10H2,1H3,(H,20,22)(H,23,24)/p-1. The predicted octanol–water partition coefficient (Wildman–Crippen LogP) is 1.42. The second-order valence-corrected chi connectivity index (χ2v) is 6.27. The number of amides is 2. The van der Waals surface area contributed by atoms with Crippen molar-refractivity contribution in [2.24, 2.45) is 0 Å². The first-order valence-corrected chi connectivity index (χ1v) is 8.13. The van der Waals surface area contributed by atoms with Crippen molar-refractivity contribution >= 4 is 12.0 Å². The number of carboxylic acid groups (broad SMARTS) is 1. The Hall–Kier alpha value is -3.02. The first-order valence-electron chi connectivity index (χ1n) is 8.13. The van der Waals surface area contributed by atoms with E-state index in [-0.39, 0.29) is 18.5 Å². The number of ether oxygens (including phenoxy) is 1. The SMILES string of the molecule is COc1ccc(C2Cc3cccc4c3C(CNC4=O)N2C(=O)[O-])cc1. The highest BCUT2D eigenvalue weighted by Crippen LogP contribution is 2.42. The van der Waals surface area contributed by atoms with Crippen LogP contribution in [0.1, 0.15) is 39.1 Å². The molecule has 0 spiro atoms. The highest BCUT2D eigenvalue weighted by Gasteiger charge is 2.40. The number of carbonyl (C=O) groups excluding carboxylic acids is 2. The molecule has 0 aromatic heterocycles. The Morgan fingerprint density at radius 3 is 2.64 bits per heavy atom. The second-order valence-electron chi connectivity index (χ2n) is 6.27. The van der Waals surface area contributed by atoms with Gasteiger partial charge >= 0.3 is 0 Å². The molecule has 2 atom stereocenters. The number of benzene rings is 2. The van der Waals surface area contributed by atoms with E-state index < -0.39 is 12.1 Å². The van der Waals surface area contributed by atoms with Gasteiger partial charge in [-0.2, -0.15) is 0 Å². The van der Waals surface area contributed by atoms with Gasteiger partial charge in [0, 0.05) is 12.1 Å². The molecule has 2 aromatic rings. The van der Waals surface area contributed by atoms with E-state index in [1.165, 1.54) is 4.90 Å². The van der Waals surface area contributed by atoms with Gasteiger partial charge in [-0.05, 0) is 41.3 Å². The second kappa shape index (κ2) is 5.81. The molecule has 2 aliphatic rings. The van der Waals surface area contributed by atoms with E-state index in [4.69, 9.17) is 4.74 Å². The van der Waals surface area contributed by atoms with Crippen LogP contribution in [-0.2, 0) is 6.42 Å². The van der Waals surface area contributed by atoms with Gasteiger partial charge < -0.3 is 24.9 Å². The number of methoxy groups -OCH3 is 1. The Labute approximate surface area is 145 Å². The summed E-state index contributed by atoms with van der Waals surface area (Å²) in [5, 5.41) is 14.7. The fourth-order valence-electron chi connectivity index (χ4n) is 3.89. The Balaban J connectivity index is 1.83. The molecular weight excluding hydrogens is 320 g/mol. The summed E-state index contributed by atoms with van der Waals surface area (Å²) in [6.45, 7) is 0.253. The number of rotatable bonds is 2. The molecule has 2 heterocycles. The molecule has 0 fully saturated rings. The van der Waals surface area contributed by atoms with Crippen molar-refractivity contribution < 1.29 is 19.4 Å². The Kier molecular flexibility index (Phi) is 3.60. The van der Waals surface area contributed by atoms with Gasteiger partial charge in [0.25, 0.3) is 5.91 Å². The lowest BCUT2D eigenvalue weighted by molar-refractivity contribution is -0.272. The third kappa shape index (κ3) is 2.41. The Morgan fingerprint density at radius 1 is 1.20 bits per heavy atom. The highest BCUT2D eigenvalue weighted by molar-refractivity contribution is 5.97. The normalized spacial score (nSPS) is 21.3. The minimum atomic E-state index is -1.23. The molecule has 0 aliphatic carbocycles. The summed E-state index contributed by atoms with van der Waals surface area (Å²) in [6, 6.07) is 12.1. The average Bonchev–Trinajstić information content (AvgIpc) is 2.64. The topological polar surface area (TPSA) is 81.7 Å². The zero-order valence-corrected chi connectivity index (χ0v) is 13.7.